The molecule has 2 heterocycles. The SMILES string of the molecule is O=C(Nc1ccccc1)c1c(-c2ccccc2)[nH]c(-c2cccs2)c1-c1ccc(Br)cc1. The summed E-state index contributed by atoms with van der Waals surface area (Å²) >= 11 is 5.17. The zero-order valence-corrected chi connectivity index (χ0v) is 19.4. The molecule has 3 nitrogen and oxygen atoms in total. The van der Waals surface area contributed by atoms with Crippen LogP contribution in [0.3, 0.4) is 0 Å². The van der Waals surface area contributed by atoms with Gasteiger partial charge in [-0.1, -0.05) is 82.7 Å². The van der Waals surface area contributed by atoms with Crippen molar-refractivity contribution in [1.29, 1.82) is 0 Å². The summed E-state index contributed by atoms with van der Waals surface area (Å²) in [6.07, 6.45) is 0. The second-order valence-electron chi connectivity index (χ2n) is 7.30. The molecule has 0 radical (unpaired) electrons. The van der Waals surface area contributed by atoms with Crippen LogP contribution in [0.15, 0.2) is 107 Å². The minimum atomic E-state index is -0.146. The van der Waals surface area contributed by atoms with Gasteiger partial charge in [0.2, 0.25) is 0 Å². The second-order valence-corrected chi connectivity index (χ2v) is 9.16. The van der Waals surface area contributed by atoms with Gasteiger partial charge < -0.3 is 10.3 Å². The third kappa shape index (κ3) is 4.05. The van der Waals surface area contributed by atoms with Gasteiger partial charge in [0, 0.05) is 15.7 Å². The van der Waals surface area contributed by atoms with E-state index in [0.717, 1.165) is 43.1 Å². The van der Waals surface area contributed by atoms with E-state index in [0.29, 0.717) is 5.56 Å². The topological polar surface area (TPSA) is 44.9 Å². The molecule has 5 rings (SSSR count). The molecule has 0 aliphatic heterocycles. The van der Waals surface area contributed by atoms with Crippen molar-refractivity contribution in [3.8, 4) is 33.0 Å². The van der Waals surface area contributed by atoms with E-state index in [1.54, 1.807) is 11.3 Å². The average Bonchev–Trinajstić information content (AvgIpc) is 3.49. The van der Waals surface area contributed by atoms with Gasteiger partial charge in [0.25, 0.3) is 5.91 Å². The van der Waals surface area contributed by atoms with Crippen LogP contribution >= 0.6 is 27.3 Å². The average molecular weight is 499 g/mol. The van der Waals surface area contributed by atoms with Gasteiger partial charge in [0.15, 0.2) is 0 Å². The van der Waals surface area contributed by atoms with E-state index in [4.69, 9.17) is 0 Å². The molecule has 0 atom stereocenters. The summed E-state index contributed by atoms with van der Waals surface area (Å²) in [7, 11) is 0. The predicted molar refractivity (Wildman–Crippen MR) is 137 cm³/mol. The number of rotatable bonds is 5. The molecule has 0 saturated heterocycles. The van der Waals surface area contributed by atoms with E-state index >= 15 is 0 Å². The van der Waals surface area contributed by atoms with Crippen LogP contribution in [0.4, 0.5) is 5.69 Å². The Morgan fingerprint density at radius 3 is 2.09 bits per heavy atom. The highest BCUT2D eigenvalue weighted by molar-refractivity contribution is 9.10. The van der Waals surface area contributed by atoms with Crippen molar-refractivity contribution in [3.63, 3.8) is 0 Å². The van der Waals surface area contributed by atoms with Crippen LogP contribution in [0.2, 0.25) is 0 Å². The van der Waals surface area contributed by atoms with E-state index in [9.17, 15) is 4.79 Å². The lowest BCUT2D eigenvalue weighted by molar-refractivity contribution is 0.102. The first-order valence-corrected chi connectivity index (χ1v) is 11.9. The smallest absolute Gasteiger partial charge is 0.258 e. The van der Waals surface area contributed by atoms with Crippen molar-refractivity contribution in [1.82, 2.24) is 4.98 Å². The van der Waals surface area contributed by atoms with Crippen molar-refractivity contribution < 1.29 is 4.79 Å². The standard InChI is InChI=1S/C27H19BrN2OS/c28-20-15-13-18(14-16-20)23-24(27(31)29-21-10-5-2-6-11-21)25(19-8-3-1-4-9-19)30-26(23)22-12-7-17-32-22/h1-17,30H,(H,29,31). The molecular weight excluding hydrogens is 480 g/mol. The summed E-state index contributed by atoms with van der Waals surface area (Å²) in [5.74, 6) is -0.146. The van der Waals surface area contributed by atoms with Gasteiger partial charge in [0.05, 0.1) is 21.8 Å². The molecule has 5 aromatic rings. The number of aromatic nitrogens is 1. The molecule has 0 spiro atoms. The van der Waals surface area contributed by atoms with E-state index in [2.05, 4.69) is 32.3 Å². The lowest BCUT2D eigenvalue weighted by Crippen LogP contribution is -2.13. The summed E-state index contributed by atoms with van der Waals surface area (Å²) in [5.41, 5.74) is 5.98. The maximum atomic E-state index is 13.7. The van der Waals surface area contributed by atoms with E-state index < -0.39 is 0 Å². The van der Waals surface area contributed by atoms with Gasteiger partial charge in [-0.15, -0.1) is 11.3 Å². The van der Waals surface area contributed by atoms with Gasteiger partial charge in [-0.2, -0.15) is 0 Å². The predicted octanol–water partition coefficient (Wildman–Crippen LogP) is 8.09. The van der Waals surface area contributed by atoms with Crippen molar-refractivity contribution in [2.75, 3.05) is 5.32 Å². The van der Waals surface area contributed by atoms with Crippen LogP contribution in [0.5, 0.6) is 0 Å². The Balaban J connectivity index is 1.76. The van der Waals surface area contributed by atoms with Crippen LogP contribution in [-0.4, -0.2) is 10.9 Å². The van der Waals surface area contributed by atoms with Crippen molar-refractivity contribution >= 4 is 38.9 Å². The monoisotopic (exact) mass is 498 g/mol. The number of nitrogens with one attached hydrogen (secondary N) is 2. The highest BCUT2D eigenvalue weighted by Gasteiger charge is 2.26. The first kappa shape index (κ1) is 20.5. The third-order valence-corrected chi connectivity index (χ3v) is 6.64. The number of benzene rings is 3. The summed E-state index contributed by atoms with van der Waals surface area (Å²) in [4.78, 5) is 18.4. The Labute approximate surface area is 198 Å². The van der Waals surface area contributed by atoms with E-state index in [1.807, 2.05) is 96.4 Å². The molecule has 3 aromatic carbocycles. The van der Waals surface area contributed by atoms with Gasteiger partial charge in [-0.25, -0.2) is 0 Å². The number of H-pyrrole nitrogens is 1. The largest absolute Gasteiger partial charge is 0.353 e. The molecule has 32 heavy (non-hydrogen) atoms. The molecule has 156 valence electrons. The van der Waals surface area contributed by atoms with E-state index in [-0.39, 0.29) is 5.91 Å². The molecule has 1 amide bonds. The van der Waals surface area contributed by atoms with Crippen molar-refractivity contribution in [2.24, 2.45) is 0 Å². The quantitative estimate of drug-likeness (QED) is 0.252. The number of thiophene rings is 1. The summed E-state index contributed by atoms with van der Waals surface area (Å²) < 4.78 is 0.994. The molecule has 2 aromatic heterocycles. The van der Waals surface area contributed by atoms with Crippen molar-refractivity contribution in [2.45, 2.75) is 0 Å². The fourth-order valence-electron chi connectivity index (χ4n) is 3.77. The zero-order chi connectivity index (χ0) is 21.9. The highest BCUT2D eigenvalue weighted by Crippen LogP contribution is 2.42. The highest BCUT2D eigenvalue weighted by atomic mass is 79.9. The Hall–Kier alpha value is -3.41. The Bertz CT molecular complexity index is 1340. The maximum Gasteiger partial charge on any atom is 0.258 e. The minimum absolute atomic E-state index is 0.146. The Morgan fingerprint density at radius 1 is 0.750 bits per heavy atom. The molecule has 0 bridgehead atoms. The number of halogens is 1. The Kier molecular flexibility index (Phi) is 5.75. The first-order valence-electron chi connectivity index (χ1n) is 10.2. The van der Waals surface area contributed by atoms with Crippen LogP contribution in [-0.2, 0) is 0 Å². The number of anilines is 1. The summed E-state index contributed by atoms with van der Waals surface area (Å²) in [5, 5.41) is 5.13. The van der Waals surface area contributed by atoms with Crippen LogP contribution in [0.1, 0.15) is 10.4 Å². The van der Waals surface area contributed by atoms with Crippen LogP contribution < -0.4 is 5.32 Å². The molecule has 0 aliphatic carbocycles. The van der Waals surface area contributed by atoms with Gasteiger partial charge >= 0.3 is 0 Å². The number of para-hydroxylation sites is 1. The number of hydrogen-bond acceptors (Lipinski definition) is 2. The number of carbonyl (C=O) groups is 1. The van der Waals surface area contributed by atoms with Gasteiger partial charge in [-0.05, 0) is 46.8 Å². The number of hydrogen-bond donors (Lipinski definition) is 2. The van der Waals surface area contributed by atoms with Crippen molar-refractivity contribution in [3.05, 3.63) is 112 Å². The fourth-order valence-corrected chi connectivity index (χ4v) is 4.77. The maximum absolute atomic E-state index is 13.7. The molecule has 0 fully saturated rings. The molecular formula is C27H19BrN2OS. The minimum Gasteiger partial charge on any atom is -0.353 e. The number of carbonyl (C=O) groups excluding carboxylic acids is 1. The lowest BCUT2D eigenvalue weighted by atomic mass is 9.96. The van der Waals surface area contributed by atoms with Gasteiger partial charge in [-0.3, -0.25) is 4.79 Å². The Morgan fingerprint density at radius 2 is 1.44 bits per heavy atom. The lowest BCUT2D eigenvalue weighted by Gasteiger charge is -2.10. The fraction of sp³-hybridized carbons (Fsp3) is 0. The summed E-state index contributed by atoms with van der Waals surface area (Å²) in [6, 6.07) is 31.7. The molecule has 2 N–H and O–H groups in total. The van der Waals surface area contributed by atoms with E-state index in [1.165, 1.54) is 0 Å². The zero-order valence-electron chi connectivity index (χ0n) is 17.0. The normalized spacial score (nSPS) is 10.8. The molecule has 0 saturated carbocycles. The molecule has 0 unspecified atom stereocenters. The molecule has 0 aliphatic rings. The molecule has 5 heteroatoms. The second kappa shape index (κ2) is 8.99. The van der Waals surface area contributed by atoms with Crippen LogP contribution in [0.25, 0.3) is 33.0 Å². The number of aromatic amines is 1. The first-order chi connectivity index (χ1) is 15.7. The third-order valence-electron chi connectivity index (χ3n) is 5.22. The van der Waals surface area contributed by atoms with Crippen LogP contribution in [0, 0.1) is 0 Å². The summed E-state index contributed by atoms with van der Waals surface area (Å²) in [6.45, 7) is 0. The van der Waals surface area contributed by atoms with Gasteiger partial charge in [0.1, 0.15) is 0 Å². The number of amides is 1.